The highest BCUT2D eigenvalue weighted by Gasteiger charge is 2.41. The van der Waals surface area contributed by atoms with Crippen molar-refractivity contribution in [2.75, 3.05) is 23.3 Å². The lowest BCUT2D eigenvalue weighted by molar-refractivity contribution is -0.0275. The predicted molar refractivity (Wildman–Crippen MR) is 121 cm³/mol. The molecule has 2 fully saturated rings. The predicted octanol–water partition coefficient (Wildman–Crippen LogP) is 4.97. The summed E-state index contributed by atoms with van der Waals surface area (Å²) in [6.45, 7) is 15.6. The SMILES string of the molecule is CC(C)CC1CC(C)(O)CC(C)C1Nc1cnc(N2CCC(C(C)C)CC2)nc1. The smallest absolute Gasteiger partial charge is 0.225 e. The highest BCUT2D eigenvalue weighted by Crippen LogP contribution is 2.40. The molecule has 0 spiro atoms. The van der Waals surface area contributed by atoms with Gasteiger partial charge in [-0.05, 0) is 68.6 Å². The van der Waals surface area contributed by atoms with E-state index in [0.29, 0.717) is 23.8 Å². The van der Waals surface area contributed by atoms with Gasteiger partial charge in [-0.15, -0.1) is 0 Å². The minimum absolute atomic E-state index is 0.355. The summed E-state index contributed by atoms with van der Waals surface area (Å²) in [5.74, 6) is 3.95. The first-order chi connectivity index (χ1) is 13.6. The lowest BCUT2D eigenvalue weighted by atomic mass is 9.68. The highest BCUT2D eigenvalue weighted by atomic mass is 16.3. The van der Waals surface area contributed by atoms with Crippen LogP contribution in [0.2, 0.25) is 0 Å². The first-order valence-electron chi connectivity index (χ1n) is 11.7. The van der Waals surface area contributed by atoms with Crippen LogP contribution in [-0.2, 0) is 0 Å². The van der Waals surface area contributed by atoms with E-state index in [0.717, 1.165) is 55.8 Å². The third-order valence-electron chi connectivity index (χ3n) is 7.10. The summed E-state index contributed by atoms with van der Waals surface area (Å²) in [4.78, 5) is 11.7. The molecule has 1 aliphatic carbocycles. The normalized spacial score (nSPS) is 31.5. The Morgan fingerprint density at radius 2 is 1.76 bits per heavy atom. The summed E-state index contributed by atoms with van der Waals surface area (Å²) in [5, 5.41) is 14.4. The Morgan fingerprint density at radius 3 is 2.31 bits per heavy atom. The quantitative estimate of drug-likeness (QED) is 0.703. The van der Waals surface area contributed by atoms with E-state index in [1.165, 1.54) is 12.8 Å². The zero-order valence-corrected chi connectivity index (χ0v) is 19.4. The second-order valence-electron chi connectivity index (χ2n) is 10.8. The van der Waals surface area contributed by atoms with Gasteiger partial charge in [0, 0.05) is 19.1 Å². The molecule has 1 saturated carbocycles. The molecule has 0 bridgehead atoms. The molecule has 164 valence electrons. The Bertz CT molecular complexity index is 635. The molecular formula is C24H42N4O. The molecule has 1 aromatic heterocycles. The molecular weight excluding hydrogens is 360 g/mol. The fourth-order valence-corrected chi connectivity index (χ4v) is 5.67. The molecule has 3 rings (SSSR count). The van der Waals surface area contributed by atoms with Gasteiger partial charge in [0.05, 0.1) is 23.7 Å². The molecule has 1 saturated heterocycles. The summed E-state index contributed by atoms with van der Waals surface area (Å²) in [5.41, 5.74) is 0.442. The molecule has 0 amide bonds. The van der Waals surface area contributed by atoms with Crippen LogP contribution in [0.4, 0.5) is 11.6 Å². The summed E-state index contributed by atoms with van der Waals surface area (Å²) in [7, 11) is 0. The van der Waals surface area contributed by atoms with Gasteiger partial charge in [-0.25, -0.2) is 9.97 Å². The molecule has 5 nitrogen and oxygen atoms in total. The van der Waals surface area contributed by atoms with Crippen molar-refractivity contribution in [2.24, 2.45) is 29.6 Å². The maximum Gasteiger partial charge on any atom is 0.225 e. The van der Waals surface area contributed by atoms with E-state index in [1.807, 2.05) is 19.3 Å². The number of nitrogens with one attached hydrogen (secondary N) is 1. The van der Waals surface area contributed by atoms with Crippen LogP contribution < -0.4 is 10.2 Å². The first-order valence-corrected chi connectivity index (χ1v) is 11.7. The fourth-order valence-electron chi connectivity index (χ4n) is 5.67. The Balaban J connectivity index is 1.63. The minimum atomic E-state index is -0.556. The van der Waals surface area contributed by atoms with E-state index >= 15 is 0 Å². The molecule has 1 aromatic rings. The number of nitrogens with zero attached hydrogens (tertiary/aromatic N) is 3. The van der Waals surface area contributed by atoms with Crippen LogP contribution in [0.5, 0.6) is 0 Å². The Kier molecular flexibility index (Phi) is 7.08. The highest BCUT2D eigenvalue weighted by molar-refractivity contribution is 5.43. The van der Waals surface area contributed by atoms with Gasteiger partial charge in [0.25, 0.3) is 0 Å². The number of piperidine rings is 1. The Labute approximate surface area is 177 Å². The van der Waals surface area contributed by atoms with Crippen LogP contribution >= 0.6 is 0 Å². The van der Waals surface area contributed by atoms with Crippen molar-refractivity contribution < 1.29 is 5.11 Å². The molecule has 2 N–H and O–H groups in total. The van der Waals surface area contributed by atoms with Gasteiger partial charge in [-0.2, -0.15) is 0 Å². The van der Waals surface area contributed by atoms with Gasteiger partial charge >= 0.3 is 0 Å². The Morgan fingerprint density at radius 1 is 1.14 bits per heavy atom. The third kappa shape index (κ3) is 5.84. The molecule has 4 atom stereocenters. The van der Waals surface area contributed by atoms with Crippen molar-refractivity contribution in [1.82, 2.24) is 9.97 Å². The number of hydrogen-bond donors (Lipinski definition) is 2. The van der Waals surface area contributed by atoms with Crippen molar-refractivity contribution in [3.8, 4) is 0 Å². The first kappa shape index (κ1) is 22.3. The summed E-state index contributed by atoms with van der Waals surface area (Å²) in [6.07, 6.45) is 9.18. The lowest BCUT2D eigenvalue weighted by Crippen LogP contribution is -2.48. The zero-order chi connectivity index (χ0) is 21.2. The summed E-state index contributed by atoms with van der Waals surface area (Å²) < 4.78 is 0. The van der Waals surface area contributed by atoms with Crippen molar-refractivity contribution >= 4 is 11.6 Å². The largest absolute Gasteiger partial charge is 0.390 e. The molecule has 5 heteroatoms. The molecule has 2 aliphatic rings. The average molecular weight is 403 g/mol. The van der Waals surface area contributed by atoms with Gasteiger partial charge in [0.2, 0.25) is 5.95 Å². The van der Waals surface area contributed by atoms with E-state index in [-0.39, 0.29) is 0 Å². The van der Waals surface area contributed by atoms with Crippen LogP contribution in [-0.4, -0.2) is 39.8 Å². The molecule has 4 unspecified atom stereocenters. The van der Waals surface area contributed by atoms with Crippen LogP contribution in [0.1, 0.15) is 73.6 Å². The van der Waals surface area contributed by atoms with E-state index in [9.17, 15) is 5.11 Å². The van der Waals surface area contributed by atoms with Crippen LogP contribution in [0.3, 0.4) is 0 Å². The van der Waals surface area contributed by atoms with Gasteiger partial charge in [-0.3, -0.25) is 0 Å². The molecule has 0 aromatic carbocycles. The number of aromatic nitrogens is 2. The van der Waals surface area contributed by atoms with Gasteiger partial charge in [-0.1, -0.05) is 34.6 Å². The fraction of sp³-hybridized carbons (Fsp3) is 0.833. The summed E-state index contributed by atoms with van der Waals surface area (Å²) in [6, 6.07) is 0.355. The van der Waals surface area contributed by atoms with Crippen molar-refractivity contribution in [1.29, 1.82) is 0 Å². The lowest BCUT2D eigenvalue weighted by Gasteiger charge is -2.45. The average Bonchev–Trinajstić information content (AvgIpc) is 2.64. The number of hydrogen-bond acceptors (Lipinski definition) is 5. The van der Waals surface area contributed by atoms with E-state index < -0.39 is 5.60 Å². The van der Waals surface area contributed by atoms with Crippen LogP contribution in [0, 0.1) is 29.6 Å². The van der Waals surface area contributed by atoms with Crippen molar-refractivity contribution in [2.45, 2.75) is 85.3 Å². The zero-order valence-electron chi connectivity index (χ0n) is 19.4. The number of aliphatic hydroxyl groups is 1. The number of anilines is 2. The Hall–Kier alpha value is -1.36. The molecule has 1 aliphatic heterocycles. The minimum Gasteiger partial charge on any atom is -0.390 e. The third-order valence-corrected chi connectivity index (χ3v) is 7.10. The standard InChI is InChI=1S/C24H42N4O/c1-16(2)11-20-13-24(6,29)12-18(5)22(20)27-21-14-25-23(26-15-21)28-9-7-19(8-10-28)17(3)4/h14-20,22,27,29H,7-13H2,1-6H3. The van der Waals surface area contributed by atoms with Crippen LogP contribution in [0.25, 0.3) is 0 Å². The van der Waals surface area contributed by atoms with Crippen LogP contribution in [0.15, 0.2) is 12.4 Å². The monoisotopic (exact) mass is 402 g/mol. The van der Waals surface area contributed by atoms with Crippen molar-refractivity contribution in [3.05, 3.63) is 12.4 Å². The molecule has 2 heterocycles. The maximum absolute atomic E-state index is 10.7. The van der Waals surface area contributed by atoms with E-state index in [4.69, 9.17) is 0 Å². The van der Waals surface area contributed by atoms with Gasteiger partial charge in [0.1, 0.15) is 0 Å². The summed E-state index contributed by atoms with van der Waals surface area (Å²) >= 11 is 0. The molecule has 0 radical (unpaired) electrons. The van der Waals surface area contributed by atoms with Gasteiger partial charge < -0.3 is 15.3 Å². The second-order valence-corrected chi connectivity index (χ2v) is 10.8. The number of rotatable bonds is 6. The maximum atomic E-state index is 10.7. The molecule has 29 heavy (non-hydrogen) atoms. The van der Waals surface area contributed by atoms with E-state index in [2.05, 4.69) is 54.8 Å². The van der Waals surface area contributed by atoms with Crippen molar-refractivity contribution in [3.63, 3.8) is 0 Å². The van der Waals surface area contributed by atoms with Gasteiger partial charge in [0.15, 0.2) is 0 Å². The second kappa shape index (κ2) is 9.20. The van der Waals surface area contributed by atoms with E-state index in [1.54, 1.807) is 0 Å². The topological polar surface area (TPSA) is 61.3 Å².